The van der Waals surface area contributed by atoms with Crippen molar-refractivity contribution < 1.29 is 0 Å². The highest BCUT2D eigenvalue weighted by molar-refractivity contribution is 6.25. The normalized spacial score (nSPS) is 13.1. The van der Waals surface area contributed by atoms with Crippen LogP contribution in [0, 0.1) is 0 Å². The van der Waals surface area contributed by atoms with Crippen LogP contribution in [0.15, 0.2) is 53.6 Å². The minimum Gasteiger partial charge on any atom is -0.381 e. The average molecular weight is 270 g/mol. The quantitative estimate of drug-likeness (QED) is 0.719. The Kier molecular flexibility index (Phi) is 3.31. The predicted octanol–water partition coefficient (Wildman–Crippen LogP) is 4.81. The molecule has 96 valence electrons. The zero-order valence-electron chi connectivity index (χ0n) is 10.9. The summed E-state index contributed by atoms with van der Waals surface area (Å²) in [5.41, 5.74) is 9.47. The second-order valence-electron chi connectivity index (χ2n) is 5.01. The van der Waals surface area contributed by atoms with E-state index in [0.717, 1.165) is 24.2 Å². The third kappa shape index (κ3) is 2.39. The molecule has 0 aromatic heterocycles. The summed E-state index contributed by atoms with van der Waals surface area (Å²) in [6, 6.07) is 15.2. The SMILES string of the molecule is C/C(=C/Cl)CNc1ccc2c(c1)Cc1ccccc1-2. The minimum absolute atomic E-state index is 0.787. The van der Waals surface area contributed by atoms with Gasteiger partial charge in [0.15, 0.2) is 0 Å². The van der Waals surface area contributed by atoms with Crippen LogP contribution in [0.1, 0.15) is 18.1 Å². The third-order valence-electron chi connectivity index (χ3n) is 3.55. The Hall–Kier alpha value is -1.73. The Morgan fingerprint density at radius 2 is 1.95 bits per heavy atom. The van der Waals surface area contributed by atoms with Crippen LogP contribution in [-0.2, 0) is 6.42 Å². The zero-order valence-corrected chi connectivity index (χ0v) is 11.7. The number of nitrogens with one attached hydrogen (secondary N) is 1. The maximum atomic E-state index is 5.67. The van der Waals surface area contributed by atoms with E-state index >= 15 is 0 Å². The van der Waals surface area contributed by atoms with E-state index in [2.05, 4.69) is 47.8 Å². The van der Waals surface area contributed by atoms with Gasteiger partial charge in [-0.2, -0.15) is 0 Å². The van der Waals surface area contributed by atoms with Crippen LogP contribution in [0.3, 0.4) is 0 Å². The Labute approximate surface area is 118 Å². The first-order chi connectivity index (χ1) is 9.28. The van der Waals surface area contributed by atoms with Gasteiger partial charge in [-0.05, 0) is 53.3 Å². The fourth-order valence-electron chi connectivity index (χ4n) is 2.54. The first-order valence-electron chi connectivity index (χ1n) is 6.49. The van der Waals surface area contributed by atoms with Gasteiger partial charge in [-0.25, -0.2) is 0 Å². The molecule has 0 atom stereocenters. The zero-order chi connectivity index (χ0) is 13.2. The first kappa shape index (κ1) is 12.3. The lowest BCUT2D eigenvalue weighted by molar-refractivity contribution is 1.20. The van der Waals surface area contributed by atoms with E-state index in [-0.39, 0.29) is 0 Å². The molecule has 0 saturated carbocycles. The van der Waals surface area contributed by atoms with Gasteiger partial charge in [-0.1, -0.05) is 41.9 Å². The van der Waals surface area contributed by atoms with Gasteiger partial charge in [-0.15, -0.1) is 0 Å². The van der Waals surface area contributed by atoms with Crippen LogP contribution in [-0.4, -0.2) is 6.54 Å². The number of anilines is 1. The van der Waals surface area contributed by atoms with E-state index in [1.165, 1.54) is 22.3 Å². The minimum atomic E-state index is 0.787. The molecule has 3 rings (SSSR count). The Balaban J connectivity index is 1.85. The van der Waals surface area contributed by atoms with Gasteiger partial charge >= 0.3 is 0 Å². The molecule has 0 radical (unpaired) electrons. The second-order valence-corrected chi connectivity index (χ2v) is 5.23. The van der Waals surface area contributed by atoms with Gasteiger partial charge < -0.3 is 5.32 Å². The molecular weight excluding hydrogens is 254 g/mol. The van der Waals surface area contributed by atoms with E-state index in [4.69, 9.17) is 11.6 Å². The molecule has 0 bridgehead atoms. The van der Waals surface area contributed by atoms with Gasteiger partial charge in [0.25, 0.3) is 0 Å². The summed E-state index contributed by atoms with van der Waals surface area (Å²) in [5.74, 6) is 0. The lowest BCUT2D eigenvalue weighted by atomic mass is 10.1. The average Bonchev–Trinajstić information content (AvgIpc) is 2.82. The Bertz CT molecular complexity index is 643. The molecule has 0 amide bonds. The Morgan fingerprint density at radius 3 is 2.79 bits per heavy atom. The van der Waals surface area contributed by atoms with Crippen molar-refractivity contribution >= 4 is 17.3 Å². The molecule has 1 nitrogen and oxygen atoms in total. The molecular formula is C17H16ClN. The van der Waals surface area contributed by atoms with Crippen molar-refractivity contribution in [3.05, 3.63) is 64.7 Å². The molecule has 2 heteroatoms. The fourth-order valence-corrected chi connectivity index (χ4v) is 2.61. The van der Waals surface area contributed by atoms with Crippen LogP contribution in [0.4, 0.5) is 5.69 Å². The highest BCUT2D eigenvalue weighted by Crippen LogP contribution is 2.37. The second kappa shape index (κ2) is 5.10. The summed E-state index contributed by atoms with van der Waals surface area (Å²) in [7, 11) is 0. The number of hydrogen-bond acceptors (Lipinski definition) is 1. The summed E-state index contributed by atoms with van der Waals surface area (Å²) in [5, 5.41) is 3.40. The molecule has 1 aliphatic carbocycles. The van der Waals surface area contributed by atoms with Crippen molar-refractivity contribution in [2.45, 2.75) is 13.3 Å². The fraction of sp³-hybridized carbons (Fsp3) is 0.176. The highest BCUT2D eigenvalue weighted by Gasteiger charge is 2.17. The van der Waals surface area contributed by atoms with Crippen LogP contribution < -0.4 is 5.32 Å². The molecule has 0 unspecified atom stereocenters. The van der Waals surface area contributed by atoms with Gasteiger partial charge in [0.2, 0.25) is 0 Å². The largest absolute Gasteiger partial charge is 0.381 e. The molecule has 2 aromatic carbocycles. The van der Waals surface area contributed by atoms with Crippen molar-refractivity contribution in [3.63, 3.8) is 0 Å². The maximum Gasteiger partial charge on any atom is 0.0369 e. The molecule has 0 aliphatic heterocycles. The monoisotopic (exact) mass is 269 g/mol. The van der Waals surface area contributed by atoms with E-state index in [1.807, 2.05) is 6.92 Å². The lowest BCUT2D eigenvalue weighted by Gasteiger charge is -2.08. The molecule has 19 heavy (non-hydrogen) atoms. The summed E-state index contributed by atoms with van der Waals surface area (Å²) < 4.78 is 0. The van der Waals surface area contributed by atoms with E-state index < -0.39 is 0 Å². The molecule has 2 aromatic rings. The van der Waals surface area contributed by atoms with E-state index in [0.29, 0.717) is 0 Å². The smallest absolute Gasteiger partial charge is 0.0369 e. The van der Waals surface area contributed by atoms with E-state index in [1.54, 1.807) is 5.54 Å². The number of benzene rings is 2. The van der Waals surface area contributed by atoms with Gasteiger partial charge in [0.1, 0.15) is 0 Å². The molecule has 1 N–H and O–H groups in total. The van der Waals surface area contributed by atoms with Crippen molar-refractivity contribution in [2.75, 3.05) is 11.9 Å². The van der Waals surface area contributed by atoms with Gasteiger partial charge in [-0.3, -0.25) is 0 Å². The first-order valence-corrected chi connectivity index (χ1v) is 6.92. The number of hydrogen-bond donors (Lipinski definition) is 1. The topological polar surface area (TPSA) is 12.0 Å². The molecule has 0 heterocycles. The van der Waals surface area contributed by atoms with Crippen molar-refractivity contribution in [2.24, 2.45) is 0 Å². The summed E-state index contributed by atoms with van der Waals surface area (Å²) in [4.78, 5) is 0. The summed E-state index contributed by atoms with van der Waals surface area (Å²) >= 11 is 5.67. The number of halogens is 1. The van der Waals surface area contributed by atoms with Crippen molar-refractivity contribution in [1.29, 1.82) is 0 Å². The summed E-state index contributed by atoms with van der Waals surface area (Å²) in [6.07, 6.45) is 1.03. The van der Waals surface area contributed by atoms with E-state index in [9.17, 15) is 0 Å². The maximum absolute atomic E-state index is 5.67. The Morgan fingerprint density at radius 1 is 1.16 bits per heavy atom. The standard InChI is InChI=1S/C17H16ClN/c1-12(10-18)11-19-15-6-7-17-14(9-15)8-13-4-2-3-5-16(13)17/h2-7,9-10,19H,8,11H2,1H3/b12-10-. The number of rotatable bonds is 3. The van der Waals surface area contributed by atoms with Crippen LogP contribution >= 0.6 is 11.6 Å². The third-order valence-corrected chi connectivity index (χ3v) is 3.92. The predicted molar refractivity (Wildman–Crippen MR) is 82.8 cm³/mol. The molecule has 0 fully saturated rings. The van der Waals surface area contributed by atoms with Gasteiger partial charge in [0.05, 0.1) is 0 Å². The molecule has 0 saturated heterocycles. The number of fused-ring (bicyclic) bond motifs is 3. The van der Waals surface area contributed by atoms with Crippen LogP contribution in [0.25, 0.3) is 11.1 Å². The lowest BCUT2D eigenvalue weighted by Crippen LogP contribution is -2.02. The van der Waals surface area contributed by atoms with Crippen LogP contribution in [0.2, 0.25) is 0 Å². The highest BCUT2D eigenvalue weighted by atomic mass is 35.5. The molecule has 0 spiro atoms. The summed E-state index contributed by atoms with van der Waals surface area (Å²) in [6.45, 7) is 2.80. The molecule has 1 aliphatic rings. The van der Waals surface area contributed by atoms with Crippen molar-refractivity contribution in [1.82, 2.24) is 0 Å². The van der Waals surface area contributed by atoms with Crippen molar-refractivity contribution in [3.8, 4) is 11.1 Å². The van der Waals surface area contributed by atoms with Crippen LogP contribution in [0.5, 0.6) is 0 Å². The van der Waals surface area contributed by atoms with Gasteiger partial charge in [0, 0.05) is 17.8 Å².